The molecule has 0 aliphatic carbocycles. The molecule has 0 unspecified atom stereocenters. The first-order valence-electron chi connectivity index (χ1n) is 8.02. The molecular weight excluding hydrogens is 318 g/mol. The Morgan fingerprint density at radius 1 is 1.08 bits per heavy atom. The van der Waals surface area contributed by atoms with Gasteiger partial charge in [-0.2, -0.15) is 0 Å². The second kappa shape index (κ2) is 8.19. The Hall–Kier alpha value is -3.02. The van der Waals surface area contributed by atoms with Crippen LogP contribution in [-0.2, 0) is 4.79 Å². The largest absolute Gasteiger partial charge is 0.494 e. The highest BCUT2D eigenvalue weighted by Gasteiger charge is 2.10. The van der Waals surface area contributed by atoms with Gasteiger partial charge in [0.2, 0.25) is 5.91 Å². The van der Waals surface area contributed by atoms with Crippen LogP contribution in [0.15, 0.2) is 42.5 Å². The lowest BCUT2D eigenvalue weighted by Crippen LogP contribution is -2.16. The lowest BCUT2D eigenvalue weighted by Gasteiger charge is -2.17. The summed E-state index contributed by atoms with van der Waals surface area (Å²) in [6.45, 7) is 4.39. The van der Waals surface area contributed by atoms with Crippen molar-refractivity contribution < 1.29 is 14.3 Å². The molecule has 0 heterocycles. The van der Waals surface area contributed by atoms with Gasteiger partial charge in [0.15, 0.2) is 0 Å². The van der Waals surface area contributed by atoms with Gasteiger partial charge in [-0.3, -0.25) is 9.59 Å². The Bertz CT molecular complexity index is 757. The average Bonchev–Trinajstić information content (AvgIpc) is 2.61. The Morgan fingerprint density at radius 2 is 1.76 bits per heavy atom. The standard InChI is InChI=1S/C19H23N3O3/c1-5-22(3)16-9-6-14(7-10-16)19(24)21-15-8-11-17(20-13(2)23)18(12-15)25-4/h6-12H,5H2,1-4H3,(H,20,23)(H,21,24). The number of carbonyl (C=O) groups excluding carboxylic acids is 2. The summed E-state index contributed by atoms with van der Waals surface area (Å²) in [6, 6.07) is 12.5. The Labute approximate surface area is 147 Å². The van der Waals surface area contributed by atoms with Crippen molar-refractivity contribution in [2.45, 2.75) is 13.8 Å². The molecule has 0 aromatic heterocycles. The van der Waals surface area contributed by atoms with Gasteiger partial charge < -0.3 is 20.3 Å². The fraction of sp³-hybridized carbons (Fsp3) is 0.263. The number of anilines is 3. The lowest BCUT2D eigenvalue weighted by molar-refractivity contribution is -0.114. The van der Waals surface area contributed by atoms with Gasteiger partial charge in [-0.05, 0) is 43.3 Å². The molecule has 6 nitrogen and oxygen atoms in total. The van der Waals surface area contributed by atoms with Crippen LogP contribution in [0.3, 0.4) is 0 Å². The molecule has 0 spiro atoms. The molecule has 0 atom stereocenters. The van der Waals surface area contributed by atoms with Crippen molar-refractivity contribution >= 4 is 28.9 Å². The van der Waals surface area contributed by atoms with E-state index in [1.165, 1.54) is 14.0 Å². The fourth-order valence-electron chi connectivity index (χ4n) is 2.32. The Morgan fingerprint density at radius 3 is 2.32 bits per heavy atom. The monoisotopic (exact) mass is 341 g/mol. The Kier molecular flexibility index (Phi) is 6.00. The first-order valence-corrected chi connectivity index (χ1v) is 8.02. The minimum atomic E-state index is -0.208. The molecule has 0 saturated heterocycles. The van der Waals surface area contributed by atoms with Crippen LogP contribution in [0.25, 0.3) is 0 Å². The van der Waals surface area contributed by atoms with Crippen molar-refractivity contribution in [2.24, 2.45) is 0 Å². The van der Waals surface area contributed by atoms with E-state index >= 15 is 0 Å². The van der Waals surface area contributed by atoms with Crippen LogP contribution in [0.4, 0.5) is 17.1 Å². The minimum absolute atomic E-state index is 0.188. The highest BCUT2D eigenvalue weighted by atomic mass is 16.5. The van der Waals surface area contributed by atoms with Crippen LogP contribution in [0.5, 0.6) is 5.75 Å². The predicted octanol–water partition coefficient (Wildman–Crippen LogP) is 3.36. The molecule has 0 saturated carbocycles. The van der Waals surface area contributed by atoms with Gasteiger partial charge in [-0.25, -0.2) is 0 Å². The molecule has 0 bridgehead atoms. The molecule has 2 N–H and O–H groups in total. The molecule has 0 radical (unpaired) electrons. The van der Waals surface area contributed by atoms with Crippen LogP contribution in [-0.4, -0.2) is 32.5 Å². The quantitative estimate of drug-likeness (QED) is 0.845. The number of carbonyl (C=O) groups is 2. The summed E-state index contributed by atoms with van der Waals surface area (Å²) in [7, 11) is 3.51. The highest BCUT2D eigenvalue weighted by Crippen LogP contribution is 2.28. The maximum absolute atomic E-state index is 12.4. The van der Waals surface area contributed by atoms with Crippen LogP contribution in [0.1, 0.15) is 24.2 Å². The number of hydrogen-bond donors (Lipinski definition) is 2. The maximum Gasteiger partial charge on any atom is 0.255 e. The van der Waals surface area contributed by atoms with Crippen LogP contribution in [0, 0.1) is 0 Å². The molecule has 2 amide bonds. The summed E-state index contributed by atoms with van der Waals surface area (Å²) < 4.78 is 5.26. The number of benzene rings is 2. The van der Waals surface area contributed by atoms with E-state index in [2.05, 4.69) is 22.5 Å². The van der Waals surface area contributed by atoms with E-state index in [9.17, 15) is 9.59 Å². The summed E-state index contributed by atoms with van der Waals surface area (Å²) in [5.41, 5.74) is 2.77. The van der Waals surface area contributed by atoms with Crippen molar-refractivity contribution in [2.75, 3.05) is 36.2 Å². The number of hydrogen-bond acceptors (Lipinski definition) is 4. The zero-order valence-corrected chi connectivity index (χ0v) is 14.9. The number of ether oxygens (including phenoxy) is 1. The van der Waals surface area contributed by atoms with Crippen LogP contribution < -0.4 is 20.3 Å². The van der Waals surface area contributed by atoms with Crippen molar-refractivity contribution in [3.8, 4) is 5.75 Å². The predicted molar refractivity (Wildman–Crippen MR) is 101 cm³/mol. The Balaban J connectivity index is 2.13. The van der Waals surface area contributed by atoms with Gasteiger partial charge in [-0.1, -0.05) is 0 Å². The number of nitrogens with one attached hydrogen (secondary N) is 2. The van der Waals surface area contributed by atoms with E-state index in [1.54, 1.807) is 30.3 Å². The summed E-state index contributed by atoms with van der Waals surface area (Å²) >= 11 is 0. The maximum atomic E-state index is 12.4. The summed E-state index contributed by atoms with van der Waals surface area (Å²) in [4.78, 5) is 25.7. The van der Waals surface area contributed by atoms with Gasteiger partial charge in [-0.15, -0.1) is 0 Å². The molecule has 0 aliphatic rings. The van der Waals surface area contributed by atoms with E-state index in [0.717, 1.165) is 12.2 Å². The first-order chi connectivity index (χ1) is 11.9. The molecule has 132 valence electrons. The number of rotatable bonds is 6. The zero-order chi connectivity index (χ0) is 18.4. The molecule has 2 aromatic rings. The smallest absolute Gasteiger partial charge is 0.255 e. The first kappa shape index (κ1) is 18.3. The summed E-state index contributed by atoms with van der Waals surface area (Å²) in [6.07, 6.45) is 0. The van der Waals surface area contributed by atoms with E-state index in [4.69, 9.17) is 4.74 Å². The van der Waals surface area contributed by atoms with E-state index in [0.29, 0.717) is 22.7 Å². The molecule has 0 aliphatic heterocycles. The number of nitrogens with zero attached hydrogens (tertiary/aromatic N) is 1. The van der Waals surface area contributed by atoms with Gasteiger partial charge >= 0.3 is 0 Å². The lowest BCUT2D eigenvalue weighted by atomic mass is 10.1. The van der Waals surface area contributed by atoms with Gasteiger partial charge in [0.1, 0.15) is 5.75 Å². The van der Waals surface area contributed by atoms with E-state index in [-0.39, 0.29) is 11.8 Å². The van der Waals surface area contributed by atoms with E-state index < -0.39 is 0 Å². The number of methoxy groups -OCH3 is 1. The SMILES string of the molecule is CCN(C)c1ccc(C(=O)Nc2ccc(NC(C)=O)c(OC)c2)cc1. The van der Waals surface area contributed by atoms with Gasteiger partial charge in [0.25, 0.3) is 5.91 Å². The molecule has 0 fully saturated rings. The van der Waals surface area contributed by atoms with Crippen molar-refractivity contribution in [3.05, 3.63) is 48.0 Å². The highest BCUT2D eigenvalue weighted by molar-refractivity contribution is 6.04. The third-order valence-electron chi connectivity index (χ3n) is 3.81. The molecule has 2 aromatic carbocycles. The second-order valence-corrected chi connectivity index (χ2v) is 5.61. The summed E-state index contributed by atoms with van der Waals surface area (Å²) in [5, 5.41) is 5.51. The number of amides is 2. The third kappa shape index (κ3) is 4.73. The van der Waals surface area contributed by atoms with Crippen molar-refractivity contribution in [1.82, 2.24) is 0 Å². The fourth-order valence-corrected chi connectivity index (χ4v) is 2.32. The second-order valence-electron chi connectivity index (χ2n) is 5.61. The minimum Gasteiger partial charge on any atom is -0.494 e. The van der Waals surface area contributed by atoms with E-state index in [1.807, 2.05) is 19.2 Å². The molecule has 6 heteroatoms. The van der Waals surface area contributed by atoms with Crippen molar-refractivity contribution in [3.63, 3.8) is 0 Å². The zero-order valence-electron chi connectivity index (χ0n) is 14.9. The molecule has 2 rings (SSSR count). The van der Waals surface area contributed by atoms with Gasteiger partial charge in [0, 0.05) is 43.5 Å². The third-order valence-corrected chi connectivity index (χ3v) is 3.81. The topological polar surface area (TPSA) is 70.7 Å². The molecular formula is C19H23N3O3. The van der Waals surface area contributed by atoms with Crippen LogP contribution >= 0.6 is 0 Å². The van der Waals surface area contributed by atoms with Crippen molar-refractivity contribution in [1.29, 1.82) is 0 Å². The molecule has 25 heavy (non-hydrogen) atoms. The average molecular weight is 341 g/mol. The normalized spacial score (nSPS) is 10.1. The van der Waals surface area contributed by atoms with Crippen LogP contribution in [0.2, 0.25) is 0 Å². The van der Waals surface area contributed by atoms with Gasteiger partial charge in [0.05, 0.1) is 12.8 Å². The summed E-state index contributed by atoms with van der Waals surface area (Å²) in [5.74, 6) is 0.0835.